The Labute approximate surface area is 162 Å². The molecule has 4 rings (SSSR count). The van der Waals surface area contributed by atoms with Crippen LogP contribution in [0.25, 0.3) is 22.8 Å². The molecule has 4 aromatic rings. The fraction of sp³-hybridized carbons (Fsp3) is 0.0476. The van der Waals surface area contributed by atoms with Crippen molar-refractivity contribution in [2.24, 2.45) is 0 Å². The first-order valence-corrected chi connectivity index (χ1v) is 10.1. The van der Waals surface area contributed by atoms with Gasteiger partial charge in [0.2, 0.25) is 15.8 Å². The zero-order valence-corrected chi connectivity index (χ0v) is 15.6. The van der Waals surface area contributed by atoms with Crippen molar-refractivity contribution >= 4 is 10.0 Å². The highest BCUT2D eigenvalue weighted by Crippen LogP contribution is 2.22. The maximum atomic E-state index is 12.3. The average Bonchev–Trinajstić information content (AvgIpc) is 3.24. The summed E-state index contributed by atoms with van der Waals surface area (Å²) in [6.07, 6.45) is 0. The lowest BCUT2D eigenvalue weighted by Gasteiger charge is -2.07. The first-order valence-electron chi connectivity index (χ1n) is 8.65. The van der Waals surface area contributed by atoms with Crippen LogP contribution in [0.1, 0.15) is 5.56 Å². The van der Waals surface area contributed by atoms with E-state index in [2.05, 4.69) is 14.9 Å². The minimum atomic E-state index is -3.54. The normalized spacial score (nSPS) is 11.4. The number of nitrogens with zero attached hydrogens (tertiary/aromatic N) is 2. The van der Waals surface area contributed by atoms with E-state index in [0.717, 1.165) is 16.7 Å². The molecule has 0 atom stereocenters. The molecule has 0 aliphatic heterocycles. The van der Waals surface area contributed by atoms with E-state index in [1.807, 2.05) is 54.6 Å². The molecule has 6 nitrogen and oxygen atoms in total. The summed E-state index contributed by atoms with van der Waals surface area (Å²) in [5.74, 6) is 0.936. The van der Waals surface area contributed by atoms with E-state index in [4.69, 9.17) is 4.52 Å². The zero-order valence-electron chi connectivity index (χ0n) is 14.8. The molecule has 1 heterocycles. The van der Waals surface area contributed by atoms with Crippen molar-refractivity contribution < 1.29 is 12.9 Å². The van der Waals surface area contributed by atoms with E-state index >= 15 is 0 Å². The van der Waals surface area contributed by atoms with E-state index in [-0.39, 0.29) is 11.4 Å². The number of hydrogen-bond donors (Lipinski definition) is 1. The van der Waals surface area contributed by atoms with Crippen LogP contribution >= 0.6 is 0 Å². The summed E-state index contributed by atoms with van der Waals surface area (Å²) < 4.78 is 32.5. The van der Waals surface area contributed by atoms with Crippen molar-refractivity contribution in [3.63, 3.8) is 0 Å². The number of aromatic nitrogens is 2. The molecule has 7 heteroatoms. The molecule has 1 aromatic heterocycles. The fourth-order valence-corrected chi connectivity index (χ4v) is 3.71. The Balaban J connectivity index is 1.45. The Hall–Kier alpha value is -3.29. The largest absolute Gasteiger partial charge is 0.334 e. The van der Waals surface area contributed by atoms with Crippen molar-refractivity contribution in [3.05, 3.63) is 90.5 Å². The molecule has 0 saturated carbocycles. The molecule has 0 unspecified atom stereocenters. The molecule has 0 spiro atoms. The summed E-state index contributed by atoms with van der Waals surface area (Å²) >= 11 is 0. The first-order chi connectivity index (χ1) is 13.6. The minimum absolute atomic E-state index is 0.191. The molecule has 28 heavy (non-hydrogen) atoms. The minimum Gasteiger partial charge on any atom is -0.334 e. The van der Waals surface area contributed by atoms with Gasteiger partial charge in [-0.25, -0.2) is 13.1 Å². The molecule has 140 valence electrons. The van der Waals surface area contributed by atoms with E-state index in [1.165, 1.54) is 0 Å². The molecule has 3 aromatic carbocycles. The van der Waals surface area contributed by atoms with Crippen LogP contribution < -0.4 is 4.72 Å². The van der Waals surface area contributed by atoms with E-state index < -0.39 is 10.0 Å². The number of hydrogen-bond acceptors (Lipinski definition) is 5. The van der Waals surface area contributed by atoms with Gasteiger partial charge in [-0.2, -0.15) is 4.98 Å². The third-order valence-corrected chi connectivity index (χ3v) is 5.60. The Morgan fingerprint density at radius 3 is 2.11 bits per heavy atom. The third-order valence-electron chi connectivity index (χ3n) is 4.18. The topological polar surface area (TPSA) is 85.1 Å². The van der Waals surface area contributed by atoms with Crippen molar-refractivity contribution in [2.75, 3.05) is 0 Å². The summed E-state index contributed by atoms with van der Waals surface area (Å²) in [5.41, 5.74) is 2.47. The zero-order chi connectivity index (χ0) is 19.4. The molecule has 1 N–H and O–H groups in total. The van der Waals surface area contributed by atoms with Crippen molar-refractivity contribution in [1.29, 1.82) is 0 Å². The van der Waals surface area contributed by atoms with Crippen LogP contribution in [0.3, 0.4) is 0 Å². The summed E-state index contributed by atoms with van der Waals surface area (Å²) in [4.78, 5) is 4.66. The molecular formula is C21H17N3O3S. The van der Waals surface area contributed by atoms with Gasteiger partial charge in [-0.05, 0) is 29.8 Å². The van der Waals surface area contributed by atoms with Gasteiger partial charge in [0.15, 0.2) is 0 Å². The summed E-state index contributed by atoms with van der Waals surface area (Å²) in [6.45, 7) is 0.191. The predicted molar refractivity (Wildman–Crippen MR) is 106 cm³/mol. The maximum absolute atomic E-state index is 12.3. The van der Waals surface area contributed by atoms with Crippen LogP contribution in [-0.4, -0.2) is 18.6 Å². The van der Waals surface area contributed by atoms with E-state index in [0.29, 0.717) is 11.7 Å². The lowest BCUT2D eigenvalue weighted by Crippen LogP contribution is -2.23. The van der Waals surface area contributed by atoms with Gasteiger partial charge in [-0.3, -0.25) is 0 Å². The van der Waals surface area contributed by atoms with E-state index in [1.54, 1.807) is 30.3 Å². The lowest BCUT2D eigenvalue weighted by molar-refractivity contribution is 0.432. The monoisotopic (exact) mass is 391 g/mol. The van der Waals surface area contributed by atoms with Gasteiger partial charge in [0.05, 0.1) is 4.90 Å². The second-order valence-electron chi connectivity index (χ2n) is 6.12. The standard InChI is InChI=1S/C21H17N3O3S/c25-28(26,19-9-5-2-6-10-19)22-15-16-11-13-18(14-12-16)21-23-20(24-27-21)17-7-3-1-4-8-17/h1-14,22H,15H2. The Morgan fingerprint density at radius 1 is 0.786 bits per heavy atom. The molecule has 0 fully saturated rings. The van der Waals surface area contributed by atoms with Crippen molar-refractivity contribution in [1.82, 2.24) is 14.9 Å². The molecule has 0 amide bonds. The van der Waals surface area contributed by atoms with Gasteiger partial charge < -0.3 is 4.52 Å². The van der Waals surface area contributed by atoms with Gasteiger partial charge in [0, 0.05) is 17.7 Å². The molecule has 0 saturated heterocycles. The van der Waals surface area contributed by atoms with Gasteiger partial charge in [-0.15, -0.1) is 0 Å². The number of benzene rings is 3. The number of rotatable bonds is 6. The quantitative estimate of drug-likeness (QED) is 0.539. The highest BCUT2D eigenvalue weighted by molar-refractivity contribution is 7.89. The smallest absolute Gasteiger partial charge is 0.258 e. The highest BCUT2D eigenvalue weighted by atomic mass is 32.2. The summed E-state index contributed by atoms with van der Waals surface area (Å²) in [7, 11) is -3.54. The van der Waals surface area contributed by atoms with Crippen LogP contribution in [0.5, 0.6) is 0 Å². The van der Waals surface area contributed by atoms with Gasteiger partial charge >= 0.3 is 0 Å². The van der Waals surface area contributed by atoms with Crippen LogP contribution in [0.2, 0.25) is 0 Å². The Bertz CT molecular complexity index is 1160. The molecule has 0 aliphatic carbocycles. The van der Waals surface area contributed by atoms with E-state index in [9.17, 15) is 8.42 Å². The number of nitrogens with one attached hydrogen (secondary N) is 1. The first kappa shape index (κ1) is 18.1. The van der Waals surface area contributed by atoms with Gasteiger partial charge in [0.1, 0.15) is 0 Å². The van der Waals surface area contributed by atoms with Crippen molar-refractivity contribution in [3.8, 4) is 22.8 Å². The second-order valence-corrected chi connectivity index (χ2v) is 7.89. The highest BCUT2D eigenvalue weighted by Gasteiger charge is 2.13. The maximum Gasteiger partial charge on any atom is 0.258 e. The van der Waals surface area contributed by atoms with Gasteiger partial charge in [0.25, 0.3) is 5.89 Å². The summed E-state index contributed by atoms with van der Waals surface area (Å²) in [5, 5.41) is 4.01. The van der Waals surface area contributed by atoms with Crippen LogP contribution in [-0.2, 0) is 16.6 Å². The van der Waals surface area contributed by atoms with Crippen LogP contribution in [0.15, 0.2) is 94.3 Å². The predicted octanol–water partition coefficient (Wildman–Crippen LogP) is 3.88. The van der Waals surface area contributed by atoms with Crippen LogP contribution in [0, 0.1) is 0 Å². The fourth-order valence-electron chi connectivity index (χ4n) is 2.67. The summed E-state index contributed by atoms with van der Waals surface area (Å²) in [6, 6.07) is 25.2. The Morgan fingerprint density at radius 2 is 1.43 bits per heavy atom. The molecule has 0 radical (unpaired) electrons. The second kappa shape index (κ2) is 7.75. The lowest BCUT2D eigenvalue weighted by atomic mass is 10.1. The van der Waals surface area contributed by atoms with Crippen molar-refractivity contribution in [2.45, 2.75) is 11.4 Å². The number of sulfonamides is 1. The average molecular weight is 391 g/mol. The third kappa shape index (κ3) is 4.00. The molecular weight excluding hydrogens is 374 g/mol. The van der Waals surface area contributed by atoms with Crippen LogP contribution in [0.4, 0.5) is 0 Å². The SMILES string of the molecule is O=S(=O)(NCc1ccc(-c2nc(-c3ccccc3)no2)cc1)c1ccccc1. The molecule has 0 bridgehead atoms. The van der Waals surface area contributed by atoms with Gasteiger partial charge in [-0.1, -0.05) is 65.8 Å². The molecule has 0 aliphatic rings. The Kier molecular flexibility index (Phi) is 5.01.